The lowest BCUT2D eigenvalue weighted by atomic mass is 9.88. The van der Waals surface area contributed by atoms with Gasteiger partial charge in [-0.2, -0.15) is 0 Å². The van der Waals surface area contributed by atoms with Gasteiger partial charge in [0.2, 0.25) is 5.91 Å². The van der Waals surface area contributed by atoms with Crippen molar-refractivity contribution in [3.8, 4) is 5.75 Å². The van der Waals surface area contributed by atoms with Gasteiger partial charge in [-0.1, -0.05) is 30.3 Å². The van der Waals surface area contributed by atoms with Crippen molar-refractivity contribution >= 4 is 11.6 Å². The van der Waals surface area contributed by atoms with Gasteiger partial charge in [0.1, 0.15) is 11.8 Å². The Morgan fingerprint density at radius 1 is 1.10 bits per heavy atom. The van der Waals surface area contributed by atoms with Crippen LogP contribution >= 0.6 is 0 Å². The molecule has 1 saturated heterocycles. The Bertz CT molecular complexity index is 627. The number of nitrogens with two attached hydrogens (primary N) is 1. The minimum atomic E-state index is -0.498. The third-order valence-corrected chi connectivity index (χ3v) is 3.61. The summed E-state index contributed by atoms with van der Waals surface area (Å²) in [7, 11) is 1.62. The Kier molecular flexibility index (Phi) is 3.16. The zero-order chi connectivity index (χ0) is 14.1. The molecule has 0 unspecified atom stereocenters. The molecule has 0 bridgehead atoms. The van der Waals surface area contributed by atoms with E-state index < -0.39 is 6.04 Å². The van der Waals surface area contributed by atoms with Crippen LogP contribution in [0.1, 0.15) is 11.6 Å². The number of carbonyl (C=O) groups excluding carboxylic acids is 1. The van der Waals surface area contributed by atoms with Gasteiger partial charge in [-0.15, -0.1) is 0 Å². The van der Waals surface area contributed by atoms with Gasteiger partial charge in [0.25, 0.3) is 0 Å². The summed E-state index contributed by atoms with van der Waals surface area (Å²) in [6.45, 7) is 0. The summed E-state index contributed by atoms with van der Waals surface area (Å²) in [6.07, 6.45) is 0. The van der Waals surface area contributed by atoms with E-state index in [2.05, 4.69) is 0 Å². The number of rotatable bonds is 3. The Balaban J connectivity index is 1.97. The highest BCUT2D eigenvalue weighted by Gasteiger charge is 2.46. The molecule has 0 aromatic heterocycles. The Morgan fingerprint density at radius 3 is 2.55 bits per heavy atom. The number of β-lactam (4-membered cyclic amide) rings is 1. The highest BCUT2D eigenvalue weighted by molar-refractivity contribution is 6.05. The predicted octanol–water partition coefficient (Wildman–Crippen LogP) is 2.11. The van der Waals surface area contributed by atoms with Gasteiger partial charge in [-0.25, -0.2) is 0 Å². The number of ether oxygens (including phenoxy) is 1. The summed E-state index contributed by atoms with van der Waals surface area (Å²) in [4.78, 5) is 13.8. The first-order valence-electron chi connectivity index (χ1n) is 6.50. The van der Waals surface area contributed by atoms with Gasteiger partial charge in [0.15, 0.2) is 0 Å². The number of hydrogen-bond donors (Lipinski definition) is 1. The van der Waals surface area contributed by atoms with Gasteiger partial charge >= 0.3 is 0 Å². The van der Waals surface area contributed by atoms with Crippen molar-refractivity contribution in [2.45, 2.75) is 12.1 Å². The molecule has 2 aromatic rings. The molecule has 2 aromatic carbocycles. The van der Waals surface area contributed by atoms with Gasteiger partial charge in [-0.05, 0) is 29.8 Å². The Morgan fingerprint density at radius 2 is 1.85 bits per heavy atom. The SMILES string of the molecule is COc1cccc([C@H]2[C@H](N)C(=O)N2c2ccccc2)c1. The fourth-order valence-electron chi connectivity index (χ4n) is 2.57. The molecule has 20 heavy (non-hydrogen) atoms. The van der Waals surface area contributed by atoms with E-state index in [1.807, 2.05) is 54.6 Å². The lowest BCUT2D eigenvalue weighted by Gasteiger charge is -2.45. The van der Waals surface area contributed by atoms with E-state index in [0.29, 0.717) is 0 Å². The second-order valence-electron chi connectivity index (χ2n) is 4.79. The number of anilines is 1. The van der Waals surface area contributed by atoms with Crippen LogP contribution in [0.25, 0.3) is 0 Å². The molecule has 1 aliphatic rings. The standard InChI is InChI=1S/C16H16N2O2/c1-20-13-9-5-6-11(10-13)15-14(17)16(19)18(15)12-7-3-2-4-8-12/h2-10,14-15H,17H2,1H3/t14-,15-/m0/s1. The molecule has 102 valence electrons. The monoisotopic (exact) mass is 268 g/mol. The quantitative estimate of drug-likeness (QED) is 0.867. The molecule has 2 N–H and O–H groups in total. The second kappa shape index (κ2) is 4.98. The van der Waals surface area contributed by atoms with E-state index in [-0.39, 0.29) is 11.9 Å². The minimum Gasteiger partial charge on any atom is -0.497 e. The predicted molar refractivity (Wildman–Crippen MR) is 77.6 cm³/mol. The lowest BCUT2D eigenvalue weighted by Crippen LogP contribution is -2.63. The van der Waals surface area contributed by atoms with Crippen LogP contribution in [0.5, 0.6) is 5.75 Å². The first kappa shape index (κ1) is 12.7. The minimum absolute atomic E-state index is 0.0518. The van der Waals surface area contributed by atoms with Crippen LogP contribution in [-0.4, -0.2) is 19.1 Å². The van der Waals surface area contributed by atoms with E-state index in [9.17, 15) is 4.79 Å². The second-order valence-corrected chi connectivity index (χ2v) is 4.79. The molecule has 0 saturated carbocycles. The van der Waals surface area contributed by atoms with E-state index in [0.717, 1.165) is 17.0 Å². The van der Waals surface area contributed by atoms with E-state index >= 15 is 0 Å². The fraction of sp³-hybridized carbons (Fsp3) is 0.188. The summed E-state index contributed by atoms with van der Waals surface area (Å²) in [6, 6.07) is 16.6. The molecule has 1 fully saturated rings. The molecular weight excluding hydrogens is 252 g/mol. The summed E-state index contributed by atoms with van der Waals surface area (Å²) in [5.41, 5.74) is 7.84. The fourth-order valence-corrected chi connectivity index (χ4v) is 2.57. The van der Waals surface area contributed by atoms with Crippen LogP contribution in [0.15, 0.2) is 54.6 Å². The van der Waals surface area contributed by atoms with Crippen LogP contribution < -0.4 is 15.4 Å². The van der Waals surface area contributed by atoms with Crippen molar-refractivity contribution in [2.24, 2.45) is 5.73 Å². The first-order valence-corrected chi connectivity index (χ1v) is 6.50. The summed E-state index contributed by atoms with van der Waals surface area (Å²) in [5.74, 6) is 0.714. The van der Waals surface area contributed by atoms with Gasteiger partial charge < -0.3 is 15.4 Å². The number of nitrogens with zero attached hydrogens (tertiary/aromatic N) is 1. The molecule has 1 amide bonds. The van der Waals surface area contributed by atoms with Gasteiger partial charge in [0.05, 0.1) is 13.2 Å². The maximum Gasteiger partial charge on any atom is 0.247 e. The van der Waals surface area contributed by atoms with E-state index in [1.54, 1.807) is 12.0 Å². The van der Waals surface area contributed by atoms with E-state index in [4.69, 9.17) is 10.5 Å². The highest BCUT2D eigenvalue weighted by atomic mass is 16.5. The number of benzene rings is 2. The lowest BCUT2D eigenvalue weighted by molar-refractivity contribution is -0.126. The largest absolute Gasteiger partial charge is 0.497 e. The summed E-state index contributed by atoms with van der Waals surface area (Å²) < 4.78 is 5.23. The Hall–Kier alpha value is -2.33. The zero-order valence-corrected chi connectivity index (χ0v) is 11.2. The molecule has 3 rings (SSSR count). The summed E-state index contributed by atoms with van der Waals surface area (Å²) >= 11 is 0. The average molecular weight is 268 g/mol. The van der Waals surface area contributed by atoms with Crippen molar-refractivity contribution in [1.82, 2.24) is 0 Å². The topological polar surface area (TPSA) is 55.6 Å². The molecule has 0 spiro atoms. The van der Waals surface area contributed by atoms with Crippen LogP contribution in [-0.2, 0) is 4.79 Å². The third kappa shape index (κ3) is 1.94. The van der Waals surface area contributed by atoms with Crippen molar-refractivity contribution in [2.75, 3.05) is 12.0 Å². The number of carbonyl (C=O) groups is 1. The molecular formula is C16H16N2O2. The normalized spacial score (nSPS) is 21.5. The van der Waals surface area contributed by atoms with Crippen LogP contribution in [0, 0.1) is 0 Å². The average Bonchev–Trinajstić information content (AvgIpc) is 2.52. The molecule has 1 heterocycles. The van der Waals surface area contributed by atoms with Crippen molar-refractivity contribution in [1.29, 1.82) is 0 Å². The molecule has 4 heteroatoms. The molecule has 4 nitrogen and oxygen atoms in total. The first-order chi connectivity index (χ1) is 9.72. The zero-order valence-electron chi connectivity index (χ0n) is 11.2. The highest BCUT2D eigenvalue weighted by Crippen LogP contribution is 2.38. The molecule has 0 radical (unpaired) electrons. The van der Waals surface area contributed by atoms with Crippen molar-refractivity contribution in [3.05, 3.63) is 60.2 Å². The number of hydrogen-bond acceptors (Lipinski definition) is 3. The maximum absolute atomic E-state index is 12.1. The Labute approximate surface area is 117 Å². The van der Waals surface area contributed by atoms with Crippen LogP contribution in [0.4, 0.5) is 5.69 Å². The maximum atomic E-state index is 12.1. The van der Waals surface area contributed by atoms with Crippen molar-refractivity contribution in [3.63, 3.8) is 0 Å². The number of para-hydroxylation sites is 1. The molecule has 2 atom stereocenters. The van der Waals surface area contributed by atoms with Gasteiger partial charge in [-0.3, -0.25) is 4.79 Å². The number of amides is 1. The third-order valence-electron chi connectivity index (χ3n) is 3.61. The van der Waals surface area contributed by atoms with Gasteiger partial charge in [0, 0.05) is 5.69 Å². The van der Waals surface area contributed by atoms with Crippen LogP contribution in [0.2, 0.25) is 0 Å². The molecule has 1 aliphatic heterocycles. The van der Waals surface area contributed by atoms with E-state index in [1.165, 1.54) is 0 Å². The smallest absolute Gasteiger partial charge is 0.247 e. The number of methoxy groups -OCH3 is 1. The van der Waals surface area contributed by atoms with Crippen molar-refractivity contribution < 1.29 is 9.53 Å². The van der Waals surface area contributed by atoms with Crippen LogP contribution in [0.3, 0.4) is 0 Å². The molecule has 0 aliphatic carbocycles. The summed E-state index contributed by atoms with van der Waals surface area (Å²) in [5, 5.41) is 0.